The minimum atomic E-state index is -0.276. The van der Waals surface area contributed by atoms with Gasteiger partial charge in [0.15, 0.2) is 0 Å². The lowest BCUT2D eigenvalue weighted by atomic mass is 10.2. The van der Waals surface area contributed by atoms with Crippen LogP contribution < -0.4 is 20.1 Å². The summed E-state index contributed by atoms with van der Waals surface area (Å²) < 4.78 is 12.8. The highest BCUT2D eigenvalue weighted by Crippen LogP contribution is 2.36. The van der Waals surface area contributed by atoms with Crippen molar-refractivity contribution >= 4 is 34.1 Å². The summed E-state index contributed by atoms with van der Waals surface area (Å²) in [6.45, 7) is 0.144. The van der Waals surface area contributed by atoms with Crippen LogP contribution in [0.5, 0.6) is 11.5 Å². The summed E-state index contributed by atoms with van der Waals surface area (Å²) in [6.07, 6.45) is 1.88. The maximum Gasteiger partial charge on any atom is 0.255 e. The average Bonchev–Trinajstić information content (AvgIpc) is 3.22. The molecule has 0 atom stereocenters. The van der Waals surface area contributed by atoms with E-state index in [1.54, 1.807) is 36.4 Å². The Morgan fingerprint density at radius 2 is 1.44 bits per heavy atom. The summed E-state index contributed by atoms with van der Waals surface area (Å²) in [7, 11) is 3.00. The number of para-hydroxylation sites is 1. The van der Waals surface area contributed by atoms with E-state index in [-0.39, 0.29) is 18.4 Å². The van der Waals surface area contributed by atoms with Gasteiger partial charge < -0.3 is 24.7 Å². The number of aromatic nitrogens is 1. The van der Waals surface area contributed by atoms with E-state index in [9.17, 15) is 9.59 Å². The standard InChI is InChI=1S/C25H23N3O4/c1-31-22-15-20(27-25(30)18-9-4-3-5-10-18)23(32-2)14-19(22)26-24(29)16-28-13-12-17-8-6-7-11-21(17)28/h3-15H,16H2,1-2H3,(H,26,29)(H,27,30). The van der Waals surface area contributed by atoms with Crippen molar-refractivity contribution in [1.29, 1.82) is 0 Å². The van der Waals surface area contributed by atoms with E-state index in [0.29, 0.717) is 28.4 Å². The van der Waals surface area contributed by atoms with Crippen molar-refractivity contribution in [3.05, 3.63) is 84.6 Å². The van der Waals surface area contributed by atoms with Gasteiger partial charge in [-0.05, 0) is 29.7 Å². The molecule has 1 heterocycles. The second kappa shape index (κ2) is 9.26. The van der Waals surface area contributed by atoms with Crippen LogP contribution in [0.1, 0.15) is 10.4 Å². The number of carbonyl (C=O) groups is 2. The van der Waals surface area contributed by atoms with Gasteiger partial charge in [-0.3, -0.25) is 9.59 Å². The predicted octanol–water partition coefficient (Wildman–Crippen LogP) is 4.55. The zero-order valence-electron chi connectivity index (χ0n) is 17.8. The highest BCUT2D eigenvalue weighted by molar-refractivity contribution is 6.05. The Balaban J connectivity index is 1.54. The van der Waals surface area contributed by atoms with Gasteiger partial charge in [-0.25, -0.2) is 0 Å². The fourth-order valence-corrected chi connectivity index (χ4v) is 3.50. The van der Waals surface area contributed by atoms with Gasteiger partial charge in [-0.15, -0.1) is 0 Å². The third-order valence-corrected chi connectivity index (χ3v) is 5.07. The number of amides is 2. The number of nitrogens with one attached hydrogen (secondary N) is 2. The first-order valence-corrected chi connectivity index (χ1v) is 10.0. The average molecular weight is 429 g/mol. The lowest BCUT2D eigenvalue weighted by Crippen LogP contribution is -2.19. The molecular formula is C25H23N3O4. The van der Waals surface area contributed by atoms with E-state index < -0.39 is 0 Å². The van der Waals surface area contributed by atoms with Crippen LogP contribution in [0.15, 0.2) is 79.0 Å². The number of hydrogen-bond donors (Lipinski definition) is 2. The molecule has 4 rings (SSSR count). The second-order valence-electron chi connectivity index (χ2n) is 7.12. The van der Waals surface area contributed by atoms with Crippen molar-refractivity contribution in [3.63, 3.8) is 0 Å². The van der Waals surface area contributed by atoms with Gasteiger partial charge >= 0.3 is 0 Å². The number of nitrogens with zero attached hydrogens (tertiary/aromatic N) is 1. The van der Waals surface area contributed by atoms with E-state index in [0.717, 1.165) is 10.9 Å². The molecule has 0 aliphatic heterocycles. The Bertz CT molecular complexity index is 1260. The van der Waals surface area contributed by atoms with E-state index in [1.807, 2.05) is 47.2 Å². The molecular weight excluding hydrogens is 406 g/mol. The smallest absolute Gasteiger partial charge is 0.255 e. The minimum Gasteiger partial charge on any atom is -0.494 e. The van der Waals surface area contributed by atoms with Crippen molar-refractivity contribution in [2.24, 2.45) is 0 Å². The van der Waals surface area contributed by atoms with Crippen LogP contribution in [0, 0.1) is 0 Å². The molecule has 162 valence electrons. The zero-order valence-corrected chi connectivity index (χ0v) is 17.8. The summed E-state index contributed by atoms with van der Waals surface area (Å²) in [5, 5.41) is 6.77. The first-order valence-electron chi connectivity index (χ1n) is 10.0. The molecule has 0 unspecified atom stereocenters. The number of fused-ring (bicyclic) bond motifs is 1. The van der Waals surface area contributed by atoms with Crippen molar-refractivity contribution in [2.45, 2.75) is 6.54 Å². The number of hydrogen-bond acceptors (Lipinski definition) is 4. The number of benzene rings is 3. The number of ether oxygens (including phenoxy) is 2. The van der Waals surface area contributed by atoms with Crippen LogP contribution in [0.4, 0.5) is 11.4 Å². The van der Waals surface area contributed by atoms with Crippen LogP contribution in [-0.2, 0) is 11.3 Å². The van der Waals surface area contributed by atoms with E-state index in [1.165, 1.54) is 14.2 Å². The molecule has 0 spiro atoms. The van der Waals surface area contributed by atoms with Gasteiger partial charge in [0.25, 0.3) is 5.91 Å². The third kappa shape index (κ3) is 4.41. The summed E-state index contributed by atoms with van der Waals surface area (Å²) in [5.74, 6) is 0.312. The normalized spacial score (nSPS) is 10.6. The molecule has 2 amide bonds. The van der Waals surface area contributed by atoms with Gasteiger partial charge in [0.1, 0.15) is 18.0 Å². The Morgan fingerprint density at radius 3 is 2.12 bits per heavy atom. The van der Waals surface area contributed by atoms with Gasteiger partial charge in [-0.1, -0.05) is 36.4 Å². The molecule has 0 bridgehead atoms. The molecule has 0 saturated carbocycles. The lowest BCUT2D eigenvalue weighted by Gasteiger charge is -2.16. The Labute approximate surface area is 185 Å². The van der Waals surface area contributed by atoms with Gasteiger partial charge in [-0.2, -0.15) is 0 Å². The van der Waals surface area contributed by atoms with Crippen LogP contribution in [0.2, 0.25) is 0 Å². The molecule has 32 heavy (non-hydrogen) atoms. The molecule has 0 radical (unpaired) electrons. The van der Waals surface area contributed by atoms with Crippen LogP contribution in [0.25, 0.3) is 10.9 Å². The summed E-state index contributed by atoms with van der Waals surface area (Å²) >= 11 is 0. The fraction of sp³-hybridized carbons (Fsp3) is 0.120. The van der Waals surface area contributed by atoms with Crippen molar-refractivity contribution in [1.82, 2.24) is 4.57 Å². The first-order chi connectivity index (χ1) is 15.6. The summed E-state index contributed by atoms with van der Waals surface area (Å²) in [4.78, 5) is 25.3. The van der Waals surface area contributed by atoms with Gasteiger partial charge in [0.05, 0.1) is 25.6 Å². The number of carbonyl (C=O) groups excluding carboxylic acids is 2. The van der Waals surface area contributed by atoms with Crippen molar-refractivity contribution < 1.29 is 19.1 Å². The quantitative estimate of drug-likeness (QED) is 0.452. The molecule has 2 N–H and O–H groups in total. The van der Waals surface area contributed by atoms with Crippen LogP contribution >= 0.6 is 0 Å². The first kappa shape index (κ1) is 21.0. The van der Waals surface area contributed by atoms with E-state index >= 15 is 0 Å². The monoisotopic (exact) mass is 429 g/mol. The Morgan fingerprint density at radius 1 is 0.812 bits per heavy atom. The highest BCUT2D eigenvalue weighted by atomic mass is 16.5. The largest absolute Gasteiger partial charge is 0.494 e. The molecule has 3 aromatic carbocycles. The van der Waals surface area contributed by atoms with Crippen molar-refractivity contribution in [3.8, 4) is 11.5 Å². The molecule has 0 saturated heterocycles. The Hall–Kier alpha value is -4.26. The second-order valence-corrected chi connectivity index (χ2v) is 7.12. The molecule has 4 aromatic rings. The van der Waals surface area contributed by atoms with Crippen molar-refractivity contribution in [2.75, 3.05) is 24.9 Å². The van der Waals surface area contributed by atoms with Crippen LogP contribution in [-0.4, -0.2) is 30.6 Å². The lowest BCUT2D eigenvalue weighted by molar-refractivity contribution is -0.116. The predicted molar refractivity (Wildman–Crippen MR) is 125 cm³/mol. The summed E-state index contributed by atoms with van der Waals surface area (Å²) in [6, 6.07) is 22.0. The highest BCUT2D eigenvalue weighted by Gasteiger charge is 2.16. The fourth-order valence-electron chi connectivity index (χ4n) is 3.50. The Kier molecular flexibility index (Phi) is 6.07. The number of methoxy groups -OCH3 is 2. The topological polar surface area (TPSA) is 81.6 Å². The minimum absolute atomic E-state index is 0.144. The van der Waals surface area contributed by atoms with E-state index in [4.69, 9.17) is 9.47 Å². The maximum atomic E-state index is 12.7. The van der Waals surface area contributed by atoms with Gasteiger partial charge in [0.2, 0.25) is 5.91 Å². The molecule has 0 aliphatic rings. The molecule has 7 nitrogen and oxygen atoms in total. The molecule has 0 fully saturated rings. The molecule has 7 heteroatoms. The van der Waals surface area contributed by atoms with Crippen LogP contribution in [0.3, 0.4) is 0 Å². The molecule has 0 aliphatic carbocycles. The number of anilines is 2. The maximum absolute atomic E-state index is 12.7. The van der Waals surface area contributed by atoms with E-state index in [2.05, 4.69) is 10.6 Å². The third-order valence-electron chi connectivity index (χ3n) is 5.07. The van der Waals surface area contributed by atoms with Gasteiger partial charge in [0, 0.05) is 29.4 Å². The zero-order chi connectivity index (χ0) is 22.5. The number of rotatable bonds is 7. The molecule has 1 aromatic heterocycles. The SMILES string of the molecule is COc1cc(NC(=O)c2ccccc2)c(OC)cc1NC(=O)Cn1ccc2ccccc21. The summed E-state index contributed by atoms with van der Waals surface area (Å²) in [5.41, 5.74) is 2.38.